The van der Waals surface area contributed by atoms with Crippen LogP contribution in [-0.2, 0) is 6.54 Å². The fourth-order valence-corrected chi connectivity index (χ4v) is 2.60. The third kappa shape index (κ3) is 3.71. The van der Waals surface area contributed by atoms with Gasteiger partial charge in [0.15, 0.2) is 0 Å². The van der Waals surface area contributed by atoms with E-state index in [9.17, 15) is 13.2 Å². The molecule has 0 bridgehead atoms. The van der Waals surface area contributed by atoms with Gasteiger partial charge in [-0.2, -0.15) is 0 Å². The molecular weight excluding hydrogens is 275 g/mol. The molecule has 1 N–H and O–H groups in total. The Morgan fingerprint density at radius 1 is 1.26 bits per heavy atom. The van der Waals surface area contributed by atoms with Gasteiger partial charge in [-0.3, -0.25) is 0 Å². The van der Waals surface area contributed by atoms with Crippen LogP contribution < -0.4 is 10.1 Å². The maximum absolute atomic E-state index is 12.3. The Labute approximate surface area is 112 Å². The molecule has 0 spiro atoms. The van der Waals surface area contributed by atoms with E-state index in [4.69, 9.17) is 0 Å². The molecule has 6 heteroatoms. The second-order valence-corrected chi connectivity index (χ2v) is 4.87. The third-order valence-electron chi connectivity index (χ3n) is 2.43. The molecule has 0 aliphatic rings. The molecule has 0 fully saturated rings. The molecule has 1 aromatic carbocycles. The first-order chi connectivity index (χ1) is 8.99. The van der Waals surface area contributed by atoms with Crippen molar-refractivity contribution in [2.24, 2.45) is 0 Å². The average molecular weight is 287 g/mol. The Bertz CT molecular complexity index is 551. The predicted molar refractivity (Wildman–Crippen MR) is 69.2 cm³/mol. The number of thiophene rings is 1. The van der Waals surface area contributed by atoms with Gasteiger partial charge in [0.2, 0.25) is 0 Å². The lowest BCUT2D eigenvalue weighted by atomic mass is 10.1. The van der Waals surface area contributed by atoms with Crippen LogP contribution in [-0.4, -0.2) is 13.4 Å². The van der Waals surface area contributed by atoms with Gasteiger partial charge in [-0.1, -0.05) is 18.2 Å². The van der Waals surface area contributed by atoms with Crippen LogP contribution in [0, 0.1) is 0 Å². The number of ether oxygens (including phenoxy) is 1. The Kier molecular flexibility index (Phi) is 4.11. The summed E-state index contributed by atoms with van der Waals surface area (Å²) in [6.07, 6.45) is -4.68. The third-order valence-corrected chi connectivity index (χ3v) is 3.37. The van der Waals surface area contributed by atoms with Crippen LogP contribution >= 0.6 is 11.3 Å². The number of alkyl halides is 3. The maximum Gasteiger partial charge on any atom is 0.573 e. The highest BCUT2D eigenvalue weighted by Crippen LogP contribution is 2.35. The number of rotatable bonds is 4. The van der Waals surface area contributed by atoms with E-state index in [2.05, 4.69) is 10.1 Å². The molecule has 2 rings (SSSR count). The zero-order valence-electron chi connectivity index (χ0n) is 10.1. The summed E-state index contributed by atoms with van der Waals surface area (Å²) in [5.41, 5.74) is 1.17. The summed E-state index contributed by atoms with van der Waals surface area (Å²) >= 11 is 1.50. The first kappa shape index (κ1) is 13.9. The minimum Gasteiger partial charge on any atom is -0.405 e. The number of para-hydroxylation sites is 1. The van der Waals surface area contributed by atoms with Gasteiger partial charge in [0.1, 0.15) is 5.75 Å². The number of benzene rings is 1. The lowest BCUT2D eigenvalue weighted by molar-refractivity contribution is -0.274. The van der Waals surface area contributed by atoms with E-state index < -0.39 is 6.36 Å². The number of hydrogen-bond acceptors (Lipinski definition) is 3. The second kappa shape index (κ2) is 5.63. The molecule has 1 aromatic heterocycles. The van der Waals surface area contributed by atoms with Crippen LogP contribution in [0.5, 0.6) is 5.75 Å². The van der Waals surface area contributed by atoms with Gasteiger partial charge in [0.05, 0.1) is 0 Å². The van der Waals surface area contributed by atoms with Gasteiger partial charge in [0, 0.05) is 17.0 Å². The first-order valence-electron chi connectivity index (χ1n) is 5.57. The summed E-state index contributed by atoms with van der Waals surface area (Å²) in [5.74, 6) is -0.177. The molecule has 0 aliphatic heterocycles. The van der Waals surface area contributed by atoms with Crippen LogP contribution in [0.2, 0.25) is 0 Å². The second-order valence-electron chi connectivity index (χ2n) is 3.88. The summed E-state index contributed by atoms with van der Waals surface area (Å²) in [7, 11) is 1.82. The van der Waals surface area contributed by atoms with Crippen molar-refractivity contribution in [1.29, 1.82) is 0 Å². The minimum absolute atomic E-state index is 0.177. The van der Waals surface area contributed by atoms with E-state index in [-0.39, 0.29) is 5.75 Å². The minimum atomic E-state index is -4.68. The van der Waals surface area contributed by atoms with Gasteiger partial charge < -0.3 is 10.1 Å². The molecule has 0 aliphatic carbocycles. The Hall–Kier alpha value is -1.53. The molecule has 0 saturated carbocycles. The maximum atomic E-state index is 12.3. The molecule has 0 amide bonds. The Morgan fingerprint density at radius 2 is 2.00 bits per heavy atom. The van der Waals surface area contributed by atoms with E-state index in [1.165, 1.54) is 23.5 Å². The van der Waals surface area contributed by atoms with Crippen molar-refractivity contribution in [2.75, 3.05) is 7.05 Å². The average Bonchev–Trinajstić information content (AvgIpc) is 2.76. The molecule has 0 atom stereocenters. The van der Waals surface area contributed by atoms with Gasteiger partial charge in [-0.25, -0.2) is 0 Å². The fourth-order valence-electron chi connectivity index (χ4n) is 1.71. The highest BCUT2D eigenvalue weighted by atomic mass is 32.1. The van der Waals surface area contributed by atoms with Crippen LogP contribution in [0.4, 0.5) is 13.2 Å². The van der Waals surface area contributed by atoms with Crippen molar-refractivity contribution in [3.05, 3.63) is 40.6 Å². The normalized spacial score (nSPS) is 11.6. The van der Waals surface area contributed by atoms with E-state index in [1.54, 1.807) is 12.1 Å². The zero-order valence-corrected chi connectivity index (χ0v) is 10.9. The summed E-state index contributed by atoms with van der Waals surface area (Å²) < 4.78 is 41.0. The first-order valence-corrected chi connectivity index (χ1v) is 6.45. The SMILES string of the molecule is CNCc1cc(-c2ccccc2OC(F)(F)F)cs1. The highest BCUT2D eigenvalue weighted by molar-refractivity contribution is 7.10. The molecule has 2 aromatic rings. The quantitative estimate of drug-likeness (QED) is 0.916. The van der Waals surface area contributed by atoms with Crippen LogP contribution in [0.25, 0.3) is 11.1 Å². The molecule has 102 valence electrons. The van der Waals surface area contributed by atoms with Crippen molar-refractivity contribution in [2.45, 2.75) is 12.9 Å². The van der Waals surface area contributed by atoms with E-state index in [0.29, 0.717) is 12.1 Å². The van der Waals surface area contributed by atoms with Gasteiger partial charge in [0.25, 0.3) is 0 Å². The van der Waals surface area contributed by atoms with Gasteiger partial charge in [-0.05, 0) is 30.1 Å². The van der Waals surface area contributed by atoms with Crippen LogP contribution in [0.3, 0.4) is 0 Å². The summed E-state index contributed by atoms with van der Waals surface area (Å²) in [6.45, 7) is 0.687. The number of hydrogen-bond donors (Lipinski definition) is 1. The summed E-state index contributed by atoms with van der Waals surface area (Å²) in [5, 5.41) is 4.83. The highest BCUT2D eigenvalue weighted by Gasteiger charge is 2.32. The van der Waals surface area contributed by atoms with Gasteiger partial charge in [-0.15, -0.1) is 24.5 Å². The van der Waals surface area contributed by atoms with E-state index in [1.807, 2.05) is 18.5 Å². The molecule has 0 unspecified atom stereocenters. The van der Waals surface area contributed by atoms with E-state index in [0.717, 1.165) is 10.4 Å². The summed E-state index contributed by atoms with van der Waals surface area (Å²) in [4.78, 5) is 1.05. The van der Waals surface area contributed by atoms with Gasteiger partial charge >= 0.3 is 6.36 Å². The zero-order chi connectivity index (χ0) is 13.9. The predicted octanol–water partition coefficient (Wildman–Crippen LogP) is 4.03. The standard InChI is InChI=1S/C13H12F3NOS/c1-17-7-10-6-9(8-19-10)11-4-2-3-5-12(11)18-13(14,15)16/h2-6,8,17H,7H2,1H3. The Balaban J connectivity index is 2.32. The van der Waals surface area contributed by atoms with Crippen molar-refractivity contribution >= 4 is 11.3 Å². The summed E-state index contributed by atoms with van der Waals surface area (Å²) in [6, 6.07) is 8.00. The number of nitrogens with one attached hydrogen (secondary N) is 1. The molecular formula is C13H12F3NOS. The molecule has 1 heterocycles. The molecule has 0 radical (unpaired) electrons. The van der Waals surface area contributed by atoms with Crippen LogP contribution in [0.1, 0.15) is 4.88 Å². The largest absolute Gasteiger partial charge is 0.573 e. The van der Waals surface area contributed by atoms with Crippen molar-refractivity contribution in [3.63, 3.8) is 0 Å². The monoisotopic (exact) mass is 287 g/mol. The smallest absolute Gasteiger partial charge is 0.405 e. The topological polar surface area (TPSA) is 21.3 Å². The molecule has 2 nitrogen and oxygen atoms in total. The fraction of sp³-hybridized carbons (Fsp3) is 0.231. The Morgan fingerprint density at radius 3 is 2.68 bits per heavy atom. The number of halogens is 3. The van der Waals surface area contributed by atoms with Crippen molar-refractivity contribution in [3.8, 4) is 16.9 Å². The van der Waals surface area contributed by atoms with Crippen LogP contribution in [0.15, 0.2) is 35.7 Å². The lowest BCUT2D eigenvalue weighted by Gasteiger charge is -2.12. The lowest BCUT2D eigenvalue weighted by Crippen LogP contribution is -2.17. The van der Waals surface area contributed by atoms with Crippen molar-refractivity contribution < 1.29 is 17.9 Å². The van der Waals surface area contributed by atoms with E-state index >= 15 is 0 Å². The molecule has 0 saturated heterocycles. The molecule has 19 heavy (non-hydrogen) atoms. The van der Waals surface area contributed by atoms with Crippen molar-refractivity contribution in [1.82, 2.24) is 5.32 Å².